The van der Waals surface area contributed by atoms with Crippen molar-refractivity contribution >= 4 is 18.0 Å². The van der Waals surface area contributed by atoms with E-state index in [-0.39, 0.29) is 13.0 Å². The highest BCUT2D eigenvalue weighted by Gasteiger charge is 2.04. The van der Waals surface area contributed by atoms with Crippen molar-refractivity contribution in [3.05, 3.63) is 0 Å². The average molecular weight is 175 g/mol. The highest BCUT2D eigenvalue weighted by molar-refractivity contribution is 5.83. The number of hydrogen-bond acceptors (Lipinski definition) is 4. The summed E-state index contributed by atoms with van der Waals surface area (Å²) in [5, 5.41) is 10.2. The minimum absolute atomic E-state index is 0.0541. The van der Waals surface area contributed by atoms with Gasteiger partial charge in [0.05, 0.1) is 6.42 Å². The Morgan fingerprint density at radius 2 is 2.00 bits per heavy atom. The molecule has 0 atom stereocenters. The summed E-state index contributed by atoms with van der Waals surface area (Å²) in [5.41, 5.74) is 0. The zero-order valence-corrected chi connectivity index (χ0v) is 6.49. The van der Waals surface area contributed by atoms with Gasteiger partial charge in [0.2, 0.25) is 0 Å². The van der Waals surface area contributed by atoms with Gasteiger partial charge in [-0.25, -0.2) is 4.79 Å². The van der Waals surface area contributed by atoms with Crippen LogP contribution < -0.4 is 5.32 Å². The third-order valence-corrected chi connectivity index (χ3v) is 0.845. The van der Waals surface area contributed by atoms with Crippen LogP contribution in [0.3, 0.4) is 0 Å². The maximum absolute atomic E-state index is 10.5. The summed E-state index contributed by atoms with van der Waals surface area (Å²) >= 11 is 0. The molecular weight excluding hydrogens is 166 g/mol. The summed E-state index contributed by atoms with van der Waals surface area (Å²) in [4.78, 5) is 30.6. The Hall–Kier alpha value is -1.59. The van der Waals surface area contributed by atoms with Gasteiger partial charge >= 0.3 is 18.0 Å². The maximum Gasteiger partial charge on any atom is 0.414 e. The SMILES string of the molecule is CC(=O)OC(=O)NCCC(=O)O. The molecule has 0 radical (unpaired) electrons. The molecule has 0 heterocycles. The smallest absolute Gasteiger partial charge is 0.414 e. The third kappa shape index (κ3) is 6.53. The Labute approximate surface area is 68.5 Å². The number of rotatable bonds is 3. The van der Waals surface area contributed by atoms with E-state index in [0.29, 0.717) is 0 Å². The number of nitrogens with one attached hydrogen (secondary N) is 1. The van der Waals surface area contributed by atoms with Gasteiger partial charge in [-0.05, 0) is 0 Å². The Morgan fingerprint density at radius 1 is 1.42 bits per heavy atom. The number of carbonyl (C=O) groups is 3. The largest absolute Gasteiger partial charge is 0.481 e. The highest BCUT2D eigenvalue weighted by atomic mass is 16.6. The second-order valence-corrected chi connectivity index (χ2v) is 1.95. The van der Waals surface area contributed by atoms with Crippen molar-refractivity contribution in [2.75, 3.05) is 6.54 Å². The predicted octanol–water partition coefficient (Wildman–Crippen LogP) is -0.266. The zero-order chi connectivity index (χ0) is 9.56. The van der Waals surface area contributed by atoms with Gasteiger partial charge < -0.3 is 15.2 Å². The summed E-state index contributed by atoms with van der Waals surface area (Å²) < 4.78 is 4.05. The van der Waals surface area contributed by atoms with E-state index in [4.69, 9.17) is 5.11 Å². The molecule has 0 saturated heterocycles. The topological polar surface area (TPSA) is 92.7 Å². The minimum atomic E-state index is -1.03. The lowest BCUT2D eigenvalue weighted by Gasteiger charge is -2.00. The molecule has 12 heavy (non-hydrogen) atoms. The Kier molecular flexibility index (Phi) is 4.43. The van der Waals surface area contributed by atoms with Gasteiger partial charge in [0.15, 0.2) is 0 Å². The average Bonchev–Trinajstić information content (AvgIpc) is 1.84. The highest BCUT2D eigenvalue weighted by Crippen LogP contribution is 1.80. The normalized spacial score (nSPS) is 8.75. The van der Waals surface area contributed by atoms with Crippen LogP contribution in [0.1, 0.15) is 13.3 Å². The Bertz CT molecular complexity index is 200. The van der Waals surface area contributed by atoms with Crippen LogP contribution in [0.5, 0.6) is 0 Å². The summed E-state index contributed by atoms with van der Waals surface area (Å²) in [5.74, 6) is -1.76. The van der Waals surface area contributed by atoms with Crippen molar-refractivity contribution in [2.24, 2.45) is 0 Å². The molecule has 0 fully saturated rings. The van der Waals surface area contributed by atoms with E-state index in [2.05, 4.69) is 10.1 Å². The summed E-state index contributed by atoms with van der Waals surface area (Å²) in [6.07, 6.45) is -1.13. The van der Waals surface area contributed by atoms with Crippen molar-refractivity contribution in [1.82, 2.24) is 5.32 Å². The van der Waals surface area contributed by atoms with Gasteiger partial charge in [0.25, 0.3) is 0 Å². The summed E-state index contributed by atoms with van der Waals surface area (Å²) in [7, 11) is 0. The Morgan fingerprint density at radius 3 is 2.42 bits per heavy atom. The van der Waals surface area contributed by atoms with Crippen LogP contribution in [0, 0.1) is 0 Å². The first kappa shape index (κ1) is 10.4. The molecule has 0 aliphatic rings. The number of aliphatic carboxylic acids is 1. The van der Waals surface area contributed by atoms with E-state index < -0.39 is 18.0 Å². The fourth-order valence-electron chi connectivity index (χ4n) is 0.438. The number of alkyl carbamates (subject to hydrolysis) is 1. The summed E-state index contributed by atoms with van der Waals surface area (Å²) in [6.45, 7) is 1.03. The van der Waals surface area contributed by atoms with E-state index >= 15 is 0 Å². The molecule has 6 heteroatoms. The third-order valence-electron chi connectivity index (χ3n) is 0.845. The monoisotopic (exact) mass is 175 g/mol. The quantitative estimate of drug-likeness (QED) is 0.455. The van der Waals surface area contributed by atoms with E-state index in [0.717, 1.165) is 6.92 Å². The molecule has 68 valence electrons. The number of amides is 1. The molecule has 1 amide bonds. The number of hydrogen-bond donors (Lipinski definition) is 2. The van der Waals surface area contributed by atoms with Gasteiger partial charge in [-0.2, -0.15) is 0 Å². The lowest BCUT2D eigenvalue weighted by molar-refractivity contribution is -0.136. The molecule has 0 aromatic heterocycles. The van der Waals surface area contributed by atoms with Crippen molar-refractivity contribution < 1.29 is 24.2 Å². The molecular formula is C6H9NO5. The van der Waals surface area contributed by atoms with E-state index in [1.54, 1.807) is 0 Å². The van der Waals surface area contributed by atoms with Crippen molar-refractivity contribution in [3.8, 4) is 0 Å². The number of esters is 1. The van der Waals surface area contributed by atoms with Crippen LogP contribution in [0.15, 0.2) is 0 Å². The molecule has 0 bridgehead atoms. The maximum atomic E-state index is 10.5. The number of ether oxygens (including phenoxy) is 1. The lowest BCUT2D eigenvalue weighted by atomic mass is 10.4. The van der Waals surface area contributed by atoms with Crippen molar-refractivity contribution in [2.45, 2.75) is 13.3 Å². The first-order chi connectivity index (χ1) is 5.52. The second-order valence-electron chi connectivity index (χ2n) is 1.95. The van der Waals surface area contributed by atoms with E-state index in [1.807, 2.05) is 0 Å². The molecule has 0 aromatic rings. The predicted molar refractivity (Wildman–Crippen MR) is 37.4 cm³/mol. The van der Waals surface area contributed by atoms with Crippen LogP contribution in [-0.2, 0) is 14.3 Å². The van der Waals surface area contributed by atoms with Gasteiger partial charge in [-0.3, -0.25) is 9.59 Å². The molecule has 2 N–H and O–H groups in total. The van der Waals surface area contributed by atoms with Crippen LogP contribution in [0.4, 0.5) is 4.79 Å². The van der Waals surface area contributed by atoms with Gasteiger partial charge in [0, 0.05) is 13.5 Å². The number of carbonyl (C=O) groups excluding carboxylic acids is 2. The number of carboxylic acids is 1. The van der Waals surface area contributed by atoms with Gasteiger partial charge in [0.1, 0.15) is 0 Å². The van der Waals surface area contributed by atoms with Crippen LogP contribution in [0.2, 0.25) is 0 Å². The minimum Gasteiger partial charge on any atom is -0.481 e. The van der Waals surface area contributed by atoms with Gasteiger partial charge in [-0.15, -0.1) is 0 Å². The molecule has 0 spiro atoms. The molecule has 0 saturated carbocycles. The first-order valence-electron chi connectivity index (χ1n) is 3.20. The molecule has 0 aromatic carbocycles. The number of carboxylic acid groups (broad SMARTS) is 1. The van der Waals surface area contributed by atoms with Gasteiger partial charge in [-0.1, -0.05) is 0 Å². The fourth-order valence-corrected chi connectivity index (χ4v) is 0.438. The zero-order valence-electron chi connectivity index (χ0n) is 6.49. The molecule has 0 aliphatic heterocycles. The molecule has 0 aliphatic carbocycles. The Balaban J connectivity index is 3.44. The van der Waals surface area contributed by atoms with E-state index in [9.17, 15) is 14.4 Å². The van der Waals surface area contributed by atoms with Crippen molar-refractivity contribution in [1.29, 1.82) is 0 Å². The molecule has 6 nitrogen and oxygen atoms in total. The molecule has 0 unspecified atom stereocenters. The van der Waals surface area contributed by atoms with Crippen LogP contribution in [-0.4, -0.2) is 29.7 Å². The first-order valence-corrected chi connectivity index (χ1v) is 3.20. The summed E-state index contributed by atoms with van der Waals surface area (Å²) in [6, 6.07) is 0. The van der Waals surface area contributed by atoms with Crippen molar-refractivity contribution in [3.63, 3.8) is 0 Å². The lowest BCUT2D eigenvalue weighted by Crippen LogP contribution is -2.28. The fraction of sp³-hybridized carbons (Fsp3) is 0.500. The standard InChI is InChI=1S/C6H9NO5/c1-4(8)12-6(11)7-3-2-5(9)10/h2-3H2,1H3,(H,7,11)(H,9,10). The van der Waals surface area contributed by atoms with Crippen LogP contribution in [0.25, 0.3) is 0 Å². The second kappa shape index (κ2) is 5.11. The van der Waals surface area contributed by atoms with E-state index in [1.165, 1.54) is 0 Å². The van der Waals surface area contributed by atoms with Crippen LogP contribution >= 0.6 is 0 Å². The molecule has 0 rings (SSSR count).